The summed E-state index contributed by atoms with van der Waals surface area (Å²) in [6, 6.07) is 12.7. The molecule has 0 radical (unpaired) electrons. The molecule has 0 aliphatic heterocycles. The van der Waals surface area contributed by atoms with Gasteiger partial charge in [-0.3, -0.25) is 4.79 Å². The Morgan fingerprint density at radius 1 is 1.30 bits per heavy atom. The van der Waals surface area contributed by atoms with Crippen molar-refractivity contribution in [2.45, 2.75) is 19.3 Å². The number of fused-ring (bicyclic) bond motifs is 1. The number of halogens is 1. The summed E-state index contributed by atoms with van der Waals surface area (Å²) < 4.78 is 19.3. The van der Waals surface area contributed by atoms with E-state index in [0.717, 1.165) is 6.42 Å². The number of hydrogen-bond acceptors (Lipinski definition) is 2. The Morgan fingerprint density at radius 2 is 2.10 bits per heavy atom. The number of benzene rings is 2. The maximum Gasteiger partial charge on any atom is 0.162 e. The van der Waals surface area contributed by atoms with E-state index >= 15 is 0 Å². The van der Waals surface area contributed by atoms with E-state index in [-0.39, 0.29) is 11.3 Å². The molecule has 0 amide bonds. The second kappa shape index (κ2) is 5.08. The molecule has 3 heteroatoms. The van der Waals surface area contributed by atoms with Crippen molar-refractivity contribution in [2.75, 3.05) is 6.61 Å². The Bertz CT molecular complexity index is 664. The van der Waals surface area contributed by atoms with Crippen molar-refractivity contribution in [3.63, 3.8) is 0 Å². The molecule has 20 heavy (non-hydrogen) atoms. The summed E-state index contributed by atoms with van der Waals surface area (Å²) in [4.78, 5) is 11.2. The second-order valence-electron chi connectivity index (χ2n) is 5.11. The minimum absolute atomic E-state index is 0.103. The molecule has 0 spiro atoms. The van der Waals surface area contributed by atoms with Gasteiger partial charge in [0.05, 0.1) is 12.2 Å². The fourth-order valence-electron chi connectivity index (χ4n) is 2.58. The first-order chi connectivity index (χ1) is 9.65. The summed E-state index contributed by atoms with van der Waals surface area (Å²) in [7, 11) is 0. The van der Waals surface area contributed by atoms with Gasteiger partial charge in [-0.25, -0.2) is 4.39 Å². The maximum absolute atomic E-state index is 13.7. The molecule has 1 aliphatic carbocycles. The fraction of sp³-hybridized carbons (Fsp3) is 0.235. The summed E-state index contributed by atoms with van der Waals surface area (Å²) >= 11 is 0. The zero-order chi connectivity index (χ0) is 14.1. The number of hydrogen-bond donors (Lipinski definition) is 0. The summed E-state index contributed by atoms with van der Waals surface area (Å²) in [5, 5.41) is 0. The van der Waals surface area contributed by atoms with Crippen LogP contribution in [0.1, 0.15) is 34.3 Å². The van der Waals surface area contributed by atoms with E-state index < -0.39 is 5.82 Å². The van der Waals surface area contributed by atoms with Crippen LogP contribution in [-0.4, -0.2) is 12.4 Å². The van der Waals surface area contributed by atoms with Gasteiger partial charge in [0.25, 0.3) is 0 Å². The fourth-order valence-corrected chi connectivity index (χ4v) is 2.58. The molecule has 102 valence electrons. The molecule has 2 aromatic rings. The smallest absolute Gasteiger partial charge is 0.162 e. The minimum Gasteiger partial charge on any atom is -0.493 e. The van der Waals surface area contributed by atoms with Gasteiger partial charge in [-0.1, -0.05) is 24.3 Å². The lowest BCUT2D eigenvalue weighted by Crippen LogP contribution is -2.23. The predicted molar refractivity (Wildman–Crippen MR) is 74.8 cm³/mol. The van der Waals surface area contributed by atoms with Crippen LogP contribution < -0.4 is 4.74 Å². The van der Waals surface area contributed by atoms with Gasteiger partial charge in [-0.2, -0.15) is 0 Å². The van der Waals surface area contributed by atoms with E-state index in [1.807, 2.05) is 12.1 Å². The van der Waals surface area contributed by atoms with Crippen LogP contribution >= 0.6 is 0 Å². The number of rotatable bonds is 4. The normalized spacial score (nSPS) is 16.2. The van der Waals surface area contributed by atoms with Crippen molar-refractivity contribution in [2.24, 2.45) is 0 Å². The molecular weight excluding hydrogens is 255 g/mol. The summed E-state index contributed by atoms with van der Waals surface area (Å²) in [5.41, 5.74) is 2.78. The number of carbonyl (C=O) groups is 1. The van der Waals surface area contributed by atoms with Crippen molar-refractivity contribution in [1.29, 1.82) is 0 Å². The number of carbonyl (C=O) groups excluding carboxylic acids is 1. The first kappa shape index (κ1) is 12.9. The van der Waals surface area contributed by atoms with Crippen molar-refractivity contribution in [1.82, 2.24) is 0 Å². The zero-order valence-corrected chi connectivity index (χ0v) is 11.2. The van der Waals surface area contributed by atoms with Crippen LogP contribution in [0, 0.1) is 5.82 Å². The zero-order valence-electron chi connectivity index (χ0n) is 11.2. The van der Waals surface area contributed by atoms with Gasteiger partial charge in [-0.05, 0) is 36.6 Å². The first-order valence-corrected chi connectivity index (χ1v) is 6.66. The van der Waals surface area contributed by atoms with Gasteiger partial charge in [-0.15, -0.1) is 0 Å². The van der Waals surface area contributed by atoms with Gasteiger partial charge in [0.15, 0.2) is 5.78 Å². The standard InChI is InChI=1S/C17H15FO2/c1-11(19)15-7-6-14(9-17(15)18)20-10-13-8-12-4-2-3-5-16(12)13/h2-7,9,13H,8,10H2,1H3. The molecule has 1 unspecified atom stereocenters. The Labute approximate surface area is 117 Å². The maximum atomic E-state index is 13.7. The highest BCUT2D eigenvalue weighted by molar-refractivity contribution is 5.94. The Balaban J connectivity index is 1.66. The summed E-state index contributed by atoms with van der Waals surface area (Å²) in [6.45, 7) is 1.89. The summed E-state index contributed by atoms with van der Waals surface area (Å²) in [6.07, 6.45) is 1.00. The topological polar surface area (TPSA) is 26.3 Å². The van der Waals surface area contributed by atoms with E-state index in [2.05, 4.69) is 12.1 Å². The SMILES string of the molecule is CC(=O)c1ccc(OCC2Cc3ccccc32)cc1F. The van der Waals surface area contributed by atoms with Gasteiger partial charge < -0.3 is 4.74 Å². The molecule has 0 saturated heterocycles. The van der Waals surface area contributed by atoms with E-state index in [0.29, 0.717) is 18.3 Å². The van der Waals surface area contributed by atoms with Gasteiger partial charge in [0.1, 0.15) is 11.6 Å². The lowest BCUT2D eigenvalue weighted by Gasteiger charge is -2.29. The van der Waals surface area contributed by atoms with Crippen LogP contribution in [0.4, 0.5) is 4.39 Å². The molecule has 1 atom stereocenters. The minimum atomic E-state index is -0.524. The molecule has 0 bridgehead atoms. The van der Waals surface area contributed by atoms with Crippen molar-refractivity contribution in [3.8, 4) is 5.75 Å². The first-order valence-electron chi connectivity index (χ1n) is 6.66. The molecule has 0 heterocycles. The molecule has 0 fully saturated rings. The molecule has 3 rings (SSSR count). The highest BCUT2D eigenvalue weighted by Gasteiger charge is 2.25. The third-order valence-electron chi connectivity index (χ3n) is 3.73. The van der Waals surface area contributed by atoms with Crippen LogP contribution in [0.15, 0.2) is 42.5 Å². The second-order valence-corrected chi connectivity index (χ2v) is 5.11. The third-order valence-corrected chi connectivity index (χ3v) is 3.73. The third kappa shape index (κ3) is 2.31. The molecule has 0 N–H and O–H groups in total. The van der Waals surface area contributed by atoms with Gasteiger partial charge in [0, 0.05) is 12.0 Å². The Morgan fingerprint density at radius 3 is 2.80 bits per heavy atom. The van der Waals surface area contributed by atoms with Crippen molar-refractivity contribution < 1.29 is 13.9 Å². The van der Waals surface area contributed by atoms with Gasteiger partial charge in [0.2, 0.25) is 0 Å². The van der Waals surface area contributed by atoms with Crippen LogP contribution in [0.3, 0.4) is 0 Å². The van der Waals surface area contributed by atoms with Crippen molar-refractivity contribution >= 4 is 5.78 Å². The van der Waals surface area contributed by atoms with E-state index in [1.165, 1.54) is 30.2 Å². The number of ketones is 1. The molecule has 2 aromatic carbocycles. The lowest BCUT2D eigenvalue weighted by molar-refractivity contribution is 0.101. The highest BCUT2D eigenvalue weighted by Crippen LogP contribution is 2.35. The largest absolute Gasteiger partial charge is 0.493 e. The molecule has 0 saturated carbocycles. The highest BCUT2D eigenvalue weighted by atomic mass is 19.1. The quantitative estimate of drug-likeness (QED) is 0.791. The van der Waals surface area contributed by atoms with Crippen LogP contribution in [0.25, 0.3) is 0 Å². The summed E-state index contributed by atoms with van der Waals surface area (Å²) in [5.74, 6) is 0.0459. The lowest BCUT2D eigenvalue weighted by atomic mass is 9.78. The molecular formula is C17H15FO2. The Kier molecular flexibility index (Phi) is 3.26. The molecule has 1 aliphatic rings. The van der Waals surface area contributed by atoms with E-state index in [4.69, 9.17) is 4.74 Å². The average molecular weight is 270 g/mol. The van der Waals surface area contributed by atoms with E-state index in [1.54, 1.807) is 6.07 Å². The van der Waals surface area contributed by atoms with Crippen LogP contribution in [0.2, 0.25) is 0 Å². The Hall–Kier alpha value is -2.16. The predicted octanol–water partition coefficient (Wildman–Crippen LogP) is 3.75. The average Bonchev–Trinajstić information content (AvgIpc) is 2.39. The van der Waals surface area contributed by atoms with Crippen LogP contribution in [0.5, 0.6) is 5.75 Å². The molecule has 2 nitrogen and oxygen atoms in total. The van der Waals surface area contributed by atoms with Gasteiger partial charge >= 0.3 is 0 Å². The van der Waals surface area contributed by atoms with Crippen LogP contribution in [-0.2, 0) is 6.42 Å². The number of Topliss-reactive ketones (excluding diaryl/α,β-unsaturated/α-hetero) is 1. The van der Waals surface area contributed by atoms with Crippen molar-refractivity contribution in [3.05, 3.63) is 65.0 Å². The molecule has 0 aromatic heterocycles. The monoisotopic (exact) mass is 270 g/mol. The number of ether oxygens (including phenoxy) is 1. The van der Waals surface area contributed by atoms with E-state index in [9.17, 15) is 9.18 Å².